The lowest BCUT2D eigenvalue weighted by molar-refractivity contribution is 0.115. The van der Waals surface area contributed by atoms with Gasteiger partial charge in [-0.1, -0.05) is 24.3 Å². The third kappa shape index (κ3) is 3.47. The lowest BCUT2D eigenvalue weighted by atomic mass is 10.2. The molecule has 7 nitrogen and oxygen atoms in total. The molecule has 124 valence electrons. The molecule has 7 heteroatoms. The molecule has 1 heterocycles. The molecule has 24 heavy (non-hydrogen) atoms. The van der Waals surface area contributed by atoms with E-state index in [1.54, 1.807) is 30.3 Å². The fraction of sp³-hybridized carbons (Fsp3) is 0.176. The first-order valence-corrected chi connectivity index (χ1v) is 7.52. The largest absolute Gasteiger partial charge is 0.473 e. The number of fused-ring (bicyclic) bond motifs is 1. The van der Waals surface area contributed by atoms with Gasteiger partial charge < -0.3 is 20.9 Å². The van der Waals surface area contributed by atoms with Crippen molar-refractivity contribution in [3.63, 3.8) is 0 Å². The van der Waals surface area contributed by atoms with Gasteiger partial charge in [-0.15, -0.1) is 5.10 Å². The third-order valence-electron chi connectivity index (χ3n) is 3.56. The highest BCUT2D eigenvalue weighted by Gasteiger charge is 2.10. The quantitative estimate of drug-likeness (QED) is 0.509. The van der Waals surface area contributed by atoms with Crippen LogP contribution in [0.3, 0.4) is 0 Å². The molecule has 0 radical (unpaired) electrons. The maximum atomic E-state index is 11.7. The number of para-hydroxylation sites is 2. The summed E-state index contributed by atoms with van der Waals surface area (Å²) in [5.41, 5.74) is 6.91. The van der Waals surface area contributed by atoms with Gasteiger partial charge >= 0.3 is 0 Å². The number of aromatic nitrogens is 2. The van der Waals surface area contributed by atoms with Gasteiger partial charge in [0, 0.05) is 6.54 Å². The van der Waals surface area contributed by atoms with Gasteiger partial charge in [-0.25, -0.2) is 5.10 Å². The number of H-pyrrole nitrogens is 1. The Labute approximate surface area is 138 Å². The first-order chi connectivity index (χ1) is 11.6. The zero-order valence-corrected chi connectivity index (χ0v) is 12.9. The van der Waals surface area contributed by atoms with Crippen LogP contribution < -0.4 is 21.3 Å². The van der Waals surface area contributed by atoms with Crippen molar-refractivity contribution >= 4 is 22.1 Å². The smallest absolute Gasteiger partial charge is 0.272 e. The standard InChI is InChI=1S/C17H18N4O3/c18-14-7-3-4-8-15(14)19-9-11(22)10-24-17-13-6-2-1-5-12(13)16(23)20-21-17/h1-8,11,19,22H,9-10,18H2,(H,20,23). The number of rotatable bonds is 6. The van der Waals surface area contributed by atoms with Crippen molar-refractivity contribution in [2.24, 2.45) is 0 Å². The molecule has 0 saturated carbocycles. The zero-order chi connectivity index (χ0) is 16.9. The highest BCUT2D eigenvalue weighted by molar-refractivity contribution is 5.85. The molecule has 2 aromatic carbocycles. The van der Waals surface area contributed by atoms with Gasteiger partial charge in [0.1, 0.15) is 12.7 Å². The topological polar surface area (TPSA) is 113 Å². The Kier molecular flexibility index (Phi) is 4.62. The van der Waals surface area contributed by atoms with E-state index in [0.717, 1.165) is 5.69 Å². The highest BCUT2D eigenvalue weighted by Crippen LogP contribution is 2.19. The molecule has 1 unspecified atom stereocenters. The van der Waals surface area contributed by atoms with Crippen molar-refractivity contribution in [2.45, 2.75) is 6.10 Å². The maximum Gasteiger partial charge on any atom is 0.272 e. The maximum absolute atomic E-state index is 11.7. The van der Waals surface area contributed by atoms with Crippen LogP contribution in [-0.2, 0) is 0 Å². The van der Waals surface area contributed by atoms with E-state index in [4.69, 9.17) is 10.5 Å². The van der Waals surface area contributed by atoms with Crippen LogP contribution in [0.2, 0.25) is 0 Å². The molecule has 5 N–H and O–H groups in total. The Bertz CT molecular complexity index is 894. The molecule has 3 rings (SSSR count). The molecule has 0 aliphatic carbocycles. The molecule has 1 aromatic heterocycles. The van der Waals surface area contributed by atoms with Gasteiger partial charge in [0.15, 0.2) is 0 Å². The summed E-state index contributed by atoms with van der Waals surface area (Å²) in [6, 6.07) is 14.3. The van der Waals surface area contributed by atoms with Gasteiger partial charge in [-0.05, 0) is 24.3 Å². The summed E-state index contributed by atoms with van der Waals surface area (Å²) < 4.78 is 5.55. The molecule has 0 fully saturated rings. The minimum atomic E-state index is -0.767. The number of aliphatic hydroxyl groups is 1. The van der Waals surface area contributed by atoms with E-state index in [9.17, 15) is 9.90 Å². The summed E-state index contributed by atoms with van der Waals surface area (Å²) >= 11 is 0. The number of nitrogens with zero attached hydrogens (tertiary/aromatic N) is 1. The van der Waals surface area contributed by atoms with Crippen LogP contribution in [-0.4, -0.2) is 34.6 Å². The summed E-state index contributed by atoms with van der Waals surface area (Å²) in [5, 5.41) is 20.5. The van der Waals surface area contributed by atoms with Gasteiger partial charge in [-0.2, -0.15) is 0 Å². The number of hydrogen-bond donors (Lipinski definition) is 4. The van der Waals surface area contributed by atoms with Crippen molar-refractivity contribution in [3.05, 3.63) is 58.9 Å². The summed E-state index contributed by atoms with van der Waals surface area (Å²) in [6.07, 6.45) is -0.767. The number of anilines is 2. The van der Waals surface area contributed by atoms with E-state index in [2.05, 4.69) is 15.5 Å². The molecular weight excluding hydrogens is 308 g/mol. The van der Waals surface area contributed by atoms with Gasteiger partial charge in [0.25, 0.3) is 5.56 Å². The van der Waals surface area contributed by atoms with Gasteiger partial charge in [0.2, 0.25) is 5.88 Å². The van der Waals surface area contributed by atoms with Crippen LogP contribution in [0.1, 0.15) is 0 Å². The molecule has 1 atom stereocenters. The number of benzene rings is 2. The molecule has 0 aliphatic rings. The van der Waals surface area contributed by atoms with Crippen molar-refractivity contribution in [3.8, 4) is 5.88 Å². The fourth-order valence-electron chi connectivity index (χ4n) is 2.32. The predicted octanol–water partition coefficient (Wildman–Crippen LogP) is 1.36. The summed E-state index contributed by atoms with van der Waals surface area (Å²) in [4.78, 5) is 11.7. The molecule has 3 aromatic rings. The van der Waals surface area contributed by atoms with Crippen molar-refractivity contribution < 1.29 is 9.84 Å². The zero-order valence-electron chi connectivity index (χ0n) is 12.9. The van der Waals surface area contributed by atoms with Crippen molar-refractivity contribution in [1.29, 1.82) is 0 Å². The van der Waals surface area contributed by atoms with E-state index in [0.29, 0.717) is 16.5 Å². The van der Waals surface area contributed by atoms with E-state index < -0.39 is 6.10 Å². The lowest BCUT2D eigenvalue weighted by Gasteiger charge is -2.15. The Morgan fingerprint density at radius 1 is 1.17 bits per heavy atom. The van der Waals surface area contributed by atoms with Crippen molar-refractivity contribution in [1.82, 2.24) is 10.2 Å². The average Bonchev–Trinajstić information content (AvgIpc) is 2.61. The van der Waals surface area contributed by atoms with E-state index in [-0.39, 0.29) is 24.6 Å². The summed E-state index contributed by atoms with van der Waals surface area (Å²) in [6.45, 7) is 0.304. The number of nitrogens with two attached hydrogens (primary N) is 1. The summed E-state index contributed by atoms with van der Waals surface area (Å²) in [7, 11) is 0. The minimum absolute atomic E-state index is 0.0305. The molecule has 0 aliphatic heterocycles. The van der Waals surface area contributed by atoms with Crippen molar-refractivity contribution in [2.75, 3.05) is 24.2 Å². The normalized spacial score (nSPS) is 12.0. The number of nitrogen functional groups attached to an aromatic ring is 1. The van der Waals surface area contributed by atoms with Crippen LogP contribution in [0.5, 0.6) is 5.88 Å². The fourth-order valence-corrected chi connectivity index (χ4v) is 2.32. The molecule has 0 bridgehead atoms. The van der Waals surface area contributed by atoms with E-state index in [1.165, 1.54) is 0 Å². The van der Waals surface area contributed by atoms with Crippen LogP contribution >= 0.6 is 0 Å². The first kappa shape index (κ1) is 15.8. The monoisotopic (exact) mass is 326 g/mol. The number of nitrogens with one attached hydrogen (secondary N) is 2. The molecule has 0 spiro atoms. The SMILES string of the molecule is Nc1ccccc1NCC(O)COc1n[nH]c(=O)c2ccccc12. The Hall–Kier alpha value is -3.06. The van der Waals surface area contributed by atoms with E-state index >= 15 is 0 Å². The Morgan fingerprint density at radius 3 is 2.67 bits per heavy atom. The van der Waals surface area contributed by atoms with Crippen LogP contribution in [0.4, 0.5) is 11.4 Å². The van der Waals surface area contributed by atoms with Gasteiger partial charge in [-0.3, -0.25) is 4.79 Å². The van der Waals surface area contributed by atoms with Crippen LogP contribution in [0.25, 0.3) is 10.8 Å². The van der Waals surface area contributed by atoms with Crippen LogP contribution in [0.15, 0.2) is 53.3 Å². The molecular formula is C17H18N4O3. The highest BCUT2D eigenvalue weighted by atomic mass is 16.5. The second-order valence-corrected chi connectivity index (χ2v) is 5.34. The molecule has 0 saturated heterocycles. The second kappa shape index (κ2) is 7.01. The first-order valence-electron chi connectivity index (χ1n) is 7.52. The Morgan fingerprint density at radius 2 is 1.88 bits per heavy atom. The second-order valence-electron chi connectivity index (χ2n) is 5.34. The predicted molar refractivity (Wildman–Crippen MR) is 93.2 cm³/mol. The number of aromatic amines is 1. The minimum Gasteiger partial charge on any atom is -0.473 e. The van der Waals surface area contributed by atoms with Crippen LogP contribution in [0, 0.1) is 0 Å². The average molecular weight is 326 g/mol. The van der Waals surface area contributed by atoms with E-state index in [1.807, 2.05) is 18.2 Å². The van der Waals surface area contributed by atoms with Gasteiger partial charge in [0.05, 0.1) is 22.1 Å². The number of hydrogen-bond acceptors (Lipinski definition) is 6. The lowest BCUT2D eigenvalue weighted by Crippen LogP contribution is -2.27. The number of aliphatic hydroxyl groups excluding tert-OH is 1. The third-order valence-corrected chi connectivity index (χ3v) is 3.56. The summed E-state index contributed by atoms with van der Waals surface area (Å²) in [5.74, 6) is 0.281. The molecule has 0 amide bonds. The Balaban J connectivity index is 1.63. The number of ether oxygens (including phenoxy) is 1.